The van der Waals surface area contributed by atoms with Gasteiger partial charge in [-0.15, -0.1) is 0 Å². The summed E-state index contributed by atoms with van der Waals surface area (Å²) in [6.07, 6.45) is -0.386. The third kappa shape index (κ3) is 36.5. The van der Waals surface area contributed by atoms with Gasteiger partial charge in [0.2, 0.25) is 0 Å². The van der Waals surface area contributed by atoms with Gasteiger partial charge in [-0.1, -0.05) is 0 Å². The van der Waals surface area contributed by atoms with Crippen molar-refractivity contribution in [3.63, 3.8) is 0 Å². The molecule has 42 heavy (non-hydrogen) atoms. The molecule has 250 valence electrons. The van der Waals surface area contributed by atoms with Crippen LogP contribution in [0.1, 0.15) is 12.8 Å². The van der Waals surface area contributed by atoms with E-state index in [0.29, 0.717) is 132 Å². The van der Waals surface area contributed by atoms with E-state index in [0.717, 1.165) is 0 Å². The third-order valence-electron chi connectivity index (χ3n) is 4.81. The number of esters is 1. The molecule has 0 saturated heterocycles. The van der Waals surface area contributed by atoms with Crippen molar-refractivity contribution in [2.45, 2.75) is 12.8 Å². The van der Waals surface area contributed by atoms with Crippen molar-refractivity contribution in [3.8, 4) is 0 Å². The minimum Gasteiger partial charge on any atom is -0.481 e. The highest BCUT2D eigenvalue weighted by atomic mass is 16.6. The van der Waals surface area contributed by atoms with Gasteiger partial charge in [-0.3, -0.25) is 9.59 Å². The predicted molar refractivity (Wildman–Crippen MR) is 148 cm³/mol. The van der Waals surface area contributed by atoms with Crippen LogP contribution in [-0.2, 0) is 66.4 Å². The summed E-state index contributed by atoms with van der Waals surface area (Å²) in [4.78, 5) is 21.6. The zero-order valence-corrected chi connectivity index (χ0v) is 25.1. The molecular formula is C27H52O15. The Labute approximate surface area is 249 Å². The van der Waals surface area contributed by atoms with Crippen molar-refractivity contribution in [3.05, 3.63) is 0 Å². The number of hydrogen-bond donors (Lipinski definition) is 1. The zero-order valence-electron chi connectivity index (χ0n) is 25.1. The van der Waals surface area contributed by atoms with Gasteiger partial charge in [-0.25, -0.2) is 0 Å². The van der Waals surface area contributed by atoms with Crippen LogP contribution < -0.4 is 0 Å². The van der Waals surface area contributed by atoms with E-state index in [4.69, 9.17) is 61.9 Å². The Bertz CT molecular complexity index is 568. The van der Waals surface area contributed by atoms with Crippen LogP contribution in [0, 0.1) is 0 Å². The topological polar surface area (TPSA) is 165 Å². The molecule has 15 nitrogen and oxygen atoms in total. The lowest BCUT2D eigenvalue weighted by atomic mass is 10.3. The second-order valence-corrected chi connectivity index (χ2v) is 8.23. The fourth-order valence-corrected chi connectivity index (χ4v) is 2.72. The summed E-state index contributed by atoms with van der Waals surface area (Å²) in [5.74, 6) is -1.59. The minimum absolute atomic E-state index is 0.0824. The van der Waals surface area contributed by atoms with Crippen molar-refractivity contribution in [1.29, 1.82) is 0 Å². The van der Waals surface area contributed by atoms with Gasteiger partial charge in [0.25, 0.3) is 0 Å². The zero-order chi connectivity index (χ0) is 30.6. The first kappa shape index (κ1) is 40.5. The largest absolute Gasteiger partial charge is 0.481 e. The lowest BCUT2D eigenvalue weighted by Crippen LogP contribution is -2.16. The molecule has 0 fully saturated rings. The maximum absolute atomic E-state index is 11.2. The first-order chi connectivity index (χ1) is 20.7. The number of rotatable bonds is 36. The lowest BCUT2D eigenvalue weighted by Gasteiger charge is -2.09. The number of carboxylic acids is 1. The maximum Gasteiger partial charge on any atom is 0.306 e. The first-order valence-electron chi connectivity index (χ1n) is 14.3. The molecule has 0 unspecified atom stereocenters. The first-order valence-corrected chi connectivity index (χ1v) is 14.3. The van der Waals surface area contributed by atoms with E-state index in [1.807, 2.05) is 0 Å². The Hall–Kier alpha value is -1.50. The molecule has 0 aliphatic heterocycles. The standard InChI is InChI=1S/C27H52O15/c1-31-4-5-32-6-7-33-8-9-34-10-11-35-12-13-36-14-15-37-16-17-38-18-19-39-20-21-40-22-23-41-24-25-42-27(30)3-2-26(28)29/h2-25H2,1H3,(H,28,29). The summed E-state index contributed by atoms with van der Waals surface area (Å²) < 4.78 is 63.6. The van der Waals surface area contributed by atoms with E-state index < -0.39 is 11.9 Å². The fourth-order valence-electron chi connectivity index (χ4n) is 2.72. The van der Waals surface area contributed by atoms with Crippen LogP contribution in [0.25, 0.3) is 0 Å². The molecule has 1 N–H and O–H groups in total. The summed E-state index contributed by atoms with van der Waals surface area (Å²) in [6.45, 7) is 10.1. The highest BCUT2D eigenvalue weighted by Crippen LogP contribution is 1.93. The van der Waals surface area contributed by atoms with Gasteiger partial charge < -0.3 is 61.9 Å². The summed E-state index contributed by atoms with van der Waals surface area (Å²) in [7, 11) is 1.64. The minimum atomic E-state index is -1.03. The number of hydrogen-bond acceptors (Lipinski definition) is 14. The number of methoxy groups -OCH3 is 1. The molecule has 0 bridgehead atoms. The number of carbonyl (C=O) groups excluding carboxylic acids is 1. The molecule has 0 aromatic carbocycles. The van der Waals surface area contributed by atoms with Gasteiger partial charge in [0.15, 0.2) is 0 Å². The summed E-state index contributed by atoms with van der Waals surface area (Å²) in [5.41, 5.74) is 0. The molecule has 0 aromatic heterocycles. The smallest absolute Gasteiger partial charge is 0.306 e. The van der Waals surface area contributed by atoms with E-state index in [1.54, 1.807) is 7.11 Å². The molecular weight excluding hydrogens is 564 g/mol. The number of ether oxygens (including phenoxy) is 12. The van der Waals surface area contributed by atoms with Crippen molar-refractivity contribution < 1.29 is 71.5 Å². The second-order valence-electron chi connectivity index (χ2n) is 8.23. The number of aliphatic carboxylic acids is 1. The predicted octanol–water partition coefficient (Wildman–Crippen LogP) is 0.207. The molecule has 0 amide bonds. The highest BCUT2D eigenvalue weighted by Gasteiger charge is 2.06. The van der Waals surface area contributed by atoms with E-state index in [9.17, 15) is 9.59 Å². The third-order valence-corrected chi connectivity index (χ3v) is 4.81. The molecule has 0 aromatic rings. The van der Waals surface area contributed by atoms with Crippen molar-refractivity contribution in [2.75, 3.05) is 152 Å². The van der Waals surface area contributed by atoms with E-state index >= 15 is 0 Å². The monoisotopic (exact) mass is 616 g/mol. The average Bonchev–Trinajstić information content (AvgIpc) is 2.98. The molecule has 0 radical (unpaired) electrons. The van der Waals surface area contributed by atoms with Crippen LogP contribution >= 0.6 is 0 Å². The van der Waals surface area contributed by atoms with Crippen molar-refractivity contribution >= 4 is 11.9 Å². The number of carbonyl (C=O) groups is 2. The Morgan fingerprint density at radius 3 is 0.857 bits per heavy atom. The Morgan fingerprint density at radius 2 is 0.619 bits per heavy atom. The molecule has 0 atom stereocenters. The summed E-state index contributed by atoms with van der Waals surface area (Å²) in [5, 5.41) is 8.48. The van der Waals surface area contributed by atoms with Gasteiger partial charge in [-0.2, -0.15) is 0 Å². The van der Waals surface area contributed by atoms with Crippen LogP contribution in [0.3, 0.4) is 0 Å². The summed E-state index contributed by atoms with van der Waals surface area (Å²) >= 11 is 0. The maximum atomic E-state index is 11.2. The van der Waals surface area contributed by atoms with Gasteiger partial charge in [0.1, 0.15) is 6.61 Å². The van der Waals surface area contributed by atoms with Crippen LogP contribution in [0.5, 0.6) is 0 Å². The van der Waals surface area contributed by atoms with Crippen LogP contribution in [0.15, 0.2) is 0 Å². The molecule has 0 aliphatic carbocycles. The van der Waals surface area contributed by atoms with E-state index in [2.05, 4.69) is 0 Å². The molecule has 0 aliphatic rings. The highest BCUT2D eigenvalue weighted by molar-refractivity contribution is 5.76. The quantitative estimate of drug-likeness (QED) is 0.0749. The van der Waals surface area contributed by atoms with Crippen LogP contribution in [0.4, 0.5) is 0 Å². The van der Waals surface area contributed by atoms with Gasteiger partial charge in [0.05, 0.1) is 152 Å². The Morgan fingerprint density at radius 1 is 0.381 bits per heavy atom. The fraction of sp³-hybridized carbons (Fsp3) is 0.926. The Kier molecular flexibility index (Phi) is 34.4. The molecule has 0 saturated carbocycles. The normalized spacial score (nSPS) is 11.3. The van der Waals surface area contributed by atoms with Gasteiger partial charge in [0, 0.05) is 7.11 Å². The summed E-state index contributed by atoms with van der Waals surface area (Å²) in [6, 6.07) is 0. The number of carboxylic acid groups (broad SMARTS) is 1. The Balaban J connectivity index is 3.08. The molecule has 0 rings (SSSR count). The molecule has 0 spiro atoms. The van der Waals surface area contributed by atoms with Gasteiger partial charge >= 0.3 is 11.9 Å². The van der Waals surface area contributed by atoms with Crippen LogP contribution in [0.2, 0.25) is 0 Å². The van der Waals surface area contributed by atoms with E-state index in [1.165, 1.54) is 0 Å². The van der Waals surface area contributed by atoms with Crippen LogP contribution in [-0.4, -0.2) is 170 Å². The average molecular weight is 617 g/mol. The molecule has 0 heterocycles. The second kappa shape index (κ2) is 35.7. The van der Waals surface area contributed by atoms with E-state index in [-0.39, 0.29) is 26.1 Å². The molecule has 15 heteroatoms. The van der Waals surface area contributed by atoms with Crippen molar-refractivity contribution in [2.24, 2.45) is 0 Å². The van der Waals surface area contributed by atoms with Gasteiger partial charge in [-0.05, 0) is 0 Å². The SMILES string of the molecule is COCCOCCOCCOCCOCCOCCOCCOCCOCCOCCOCCOC(=O)CCC(=O)O. The lowest BCUT2D eigenvalue weighted by molar-refractivity contribution is -0.149. The van der Waals surface area contributed by atoms with Crippen molar-refractivity contribution in [1.82, 2.24) is 0 Å².